The van der Waals surface area contributed by atoms with E-state index in [-0.39, 0.29) is 23.8 Å². The Morgan fingerprint density at radius 2 is 1.80 bits per heavy atom. The molecule has 0 saturated heterocycles. The van der Waals surface area contributed by atoms with E-state index < -0.39 is 35.3 Å². The molecule has 0 aliphatic heterocycles. The second-order valence-corrected chi connectivity index (χ2v) is 6.50. The van der Waals surface area contributed by atoms with Crippen LogP contribution in [0, 0.1) is 5.92 Å². The van der Waals surface area contributed by atoms with Crippen molar-refractivity contribution in [3.63, 3.8) is 0 Å². The highest BCUT2D eigenvalue weighted by atomic mass is 35.5. The Bertz CT molecular complexity index is 674. The fourth-order valence-electron chi connectivity index (χ4n) is 2.44. The topological polar surface area (TPSA) is 92.7 Å². The van der Waals surface area contributed by atoms with Crippen molar-refractivity contribution in [2.24, 2.45) is 5.92 Å². The molecule has 1 aromatic rings. The number of carbonyl (C=O) groups is 3. The first-order valence-electron chi connectivity index (χ1n) is 7.71. The maximum absolute atomic E-state index is 12.4. The molecule has 1 heterocycles. The smallest absolute Gasteiger partial charge is 0.333 e. The van der Waals surface area contributed by atoms with Crippen LogP contribution in [-0.2, 0) is 23.9 Å². The average Bonchev–Trinajstić information content (AvgIpc) is 2.92. The molecular formula is C17H20ClO6S-. The molecule has 2 atom stereocenters. The van der Waals surface area contributed by atoms with Crippen LogP contribution < -0.4 is 5.11 Å². The number of rotatable bonds is 8. The number of esters is 2. The maximum Gasteiger partial charge on any atom is 0.333 e. The molecule has 0 radical (unpaired) electrons. The fraction of sp³-hybridized carbons (Fsp3) is 0.471. The predicted octanol–water partition coefficient (Wildman–Crippen LogP) is 2.45. The summed E-state index contributed by atoms with van der Waals surface area (Å²) in [6, 6.07) is 1.57. The monoisotopic (exact) mass is 387 g/mol. The molecule has 0 fully saturated rings. The summed E-state index contributed by atoms with van der Waals surface area (Å²) in [6.07, 6.45) is 0. The Balaban J connectivity index is 3.60. The Morgan fingerprint density at radius 3 is 2.20 bits per heavy atom. The predicted molar refractivity (Wildman–Crippen MR) is 92.2 cm³/mol. The van der Waals surface area contributed by atoms with Gasteiger partial charge in [0, 0.05) is 16.4 Å². The molecule has 1 aromatic heterocycles. The summed E-state index contributed by atoms with van der Waals surface area (Å²) in [4.78, 5) is 37.3. The first kappa shape index (κ1) is 21.2. The van der Waals surface area contributed by atoms with Crippen molar-refractivity contribution in [3.05, 3.63) is 32.7 Å². The van der Waals surface area contributed by atoms with E-state index >= 15 is 0 Å². The third kappa shape index (κ3) is 5.06. The molecule has 0 bridgehead atoms. The van der Waals surface area contributed by atoms with Gasteiger partial charge in [-0.1, -0.05) is 18.5 Å². The number of thiophene rings is 1. The van der Waals surface area contributed by atoms with Crippen LogP contribution in [0.3, 0.4) is 0 Å². The molecule has 0 aliphatic carbocycles. The van der Waals surface area contributed by atoms with Gasteiger partial charge in [0.2, 0.25) is 0 Å². The number of ketones is 1. The van der Waals surface area contributed by atoms with Crippen molar-refractivity contribution in [2.75, 3.05) is 13.2 Å². The lowest BCUT2D eigenvalue weighted by atomic mass is 9.81. The van der Waals surface area contributed by atoms with Crippen LogP contribution in [-0.4, -0.2) is 30.9 Å². The normalized spacial score (nSPS) is 14.3. The first-order chi connectivity index (χ1) is 11.8. The van der Waals surface area contributed by atoms with E-state index in [9.17, 15) is 19.5 Å². The van der Waals surface area contributed by atoms with E-state index in [2.05, 4.69) is 0 Å². The molecule has 0 N–H and O–H groups in total. The standard InChI is InChI=1S/C17H21ClO6S/c1-5-23-16(21)12(9(3)19)14(15-11(18)7-8-25-15)13(10(4)20)17(22)24-6-2/h7-8,12,14,20H,5-6H2,1-4H3/p-1/b13-10+. The summed E-state index contributed by atoms with van der Waals surface area (Å²) >= 11 is 7.31. The lowest BCUT2D eigenvalue weighted by Gasteiger charge is -2.28. The zero-order chi connectivity index (χ0) is 19.1. The quantitative estimate of drug-likeness (QED) is 0.294. The van der Waals surface area contributed by atoms with Crippen molar-refractivity contribution in [1.82, 2.24) is 0 Å². The lowest BCUT2D eigenvalue weighted by molar-refractivity contribution is -0.303. The van der Waals surface area contributed by atoms with Crippen LogP contribution in [0.5, 0.6) is 0 Å². The summed E-state index contributed by atoms with van der Waals surface area (Å²) in [5.74, 6) is -5.33. The van der Waals surface area contributed by atoms with Crippen molar-refractivity contribution in [1.29, 1.82) is 0 Å². The van der Waals surface area contributed by atoms with Gasteiger partial charge in [-0.3, -0.25) is 9.59 Å². The zero-order valence-corrected chi connectivity index (χ0v) is 16.0. The molecule has 0 amide bonds. The molecule has 1 rings (SSSR count). The summed E-state index contributed by atoms with van der Waals surface area (Å²) in [7, 11) is 0. The second-order valence-electron chi connectivity index (χ2n) is 5.14. The van der Waals surface area contributed by atoms with Gasteiger partial charge in [-0.05, 0) is 32.2 Å². The Morgan fingerprint density at radius 1 is 1.20 bits per heavy atom. The summed E-state index contributed by atoms with van der Waals surface area (Å²) in [5, 5.41) is 14.1. The number of Topliss-reactive ketones (excluding diaryl/α,β-unsaturated/α-hetero) is 1. The van der Waals surface area contributed by atoms with Gasteiger partial charge >= 0.3 is 11.9 Å². The molecule has 8 heteroatoms. The SMILES string of the molecule is CCOC(=O)/C(=C(\C)[O-])C(c1sccc1Cl)C(C(C)=O)C(=O)OCC. The van der Waals surface area contributed by atoms with Crippen LogP contribution in [0.15, 0.2) is 22.8 Å². The third-order valence-corrected chi connectivity index (χ3v) is 4.87. The van der Waals surface area contributed by atoms with Crippen molar-refractivity contribution < 1.29 is 29.0 Å². The highest BCUT2D eigenvalue weighted by Gasteiger charge is 2.41. The first-order valence-corrected chi connectivity index (χ1v) is 8.96. The molecule has 0 spiro atoms. The molecule has 138 valence electrons. The molecular weight excluding hydrogens is 368 g/mol. The lowest BCUT2D eigenvalue weighted by Crippen LogP contribution is -2.34. The molecule has 2 unspecified atom stereocenters. The largest absolute Gasteiger partial charge is 0.875 e. The maximum atomic E-state index is 12.4. The minimum absolute atomic E-state index is 0.0463. The van der Waals surface area contributed by atoms with E-state index in [0.717, 1.165) is 11.3 Å². The van der Waals surface area contributed by atoms with Gasteiger partial charge in [0.25, 0.3) is 0 Å². The van der Waals surface area contributed by atoms with Gasteiger partial charge in [0.05, 0.1) is 18.2 Å². The zero-order valence-electron chi connectivity index (χ0n) is 14.5. The minimum Gasteiger partial charge on any atom is -0.875 e. The summed E-state index contributed by atoms with van der Waals surface area (Å²) in [5.41, 5.74) is -0.292. The molecule has 6 nitrogen and oxygen atoms in total. The van der Waals surface area contributed by atoms with Gasteiger partial charge in [0.1, 0.15) is 11.7 Å². The summed E-state index contributed by atoms with van der Waals surface area (Å²) in [6.45, 7) is 5.69. The van der Waals surface area contributed by atoms with Gasteiger partial charge in [0.15, 0.2) is 0 Å². The van der Waals surface area contributed by atoms with Crippen LogP contribution in [0.4, 0.5) is 0 Å². The number of allylic oxidation sites excluding steroid dienone is 1. The Labute approximate surface area is 155 Å². The molecule has 0 aliphatic rings. The summed E-state index contributed by atoms with van der Waals surface area (Å²) < 4.78 is 9.93. The number of ether oxygens (including phenoxy) is 2. The number of halogens is 1. The van der Waals surface area contributed by atoms with Crippen LogP contribution in [0.1, 0.15) is 38.5 Å². The van der Waals surface area contributed by atoms with E-state index in [1.165, 1.54) is 13.8 Å². The molecule has 0 aromatic carbocycles. The van der Waals surface area contributed by atoms with E-state index in [4.69, 9.17) is 21.1 Å². The Kier molecular flexibility index (Phi) is 8.12. The van der Waals surface area contributed by atoms with Gasteiger partial charge in [-0.25, -0.2) is 4.79 Å². The average molecular weight is 388 g/mol. The van der Waals surface area contributed by atoms with E-state index in [0.29, 0.717) is 4.88 Å². The molecule has 25 heavy (non-hydrogen) atoms. The molecule has 0 saturated carbocycles. The second kappa shape index (κ2) is 9.58. The highest BCUT2D eigenvalue weighted by molar-refractivity contribution is 7.10. The third-order valence-electron chi connectivity index (χ3n) is 3.42. The number of hydrogen-bond donors (Lipinski definition) is 0. The van der Waals surface area contributed by atoms with Gasteiger partial charge < -0.3 is 14.6 Å². The van der Waals surface area contributed by atoms with Crippen molar-refractivity contribution in [2.45, 2.75) is 33.6 Å². The minimum atomic E-state index is -1.36. The van der Waals surface area contributed by atoms with E-state index in [1.807, 2.05) is 0 Å². The van der Waals surface area contributed by atoms with Crippen LogP contribution in [0.25, 0.3) is 0 Å². The van der Waals surface area contributed by atoms with Crippen molar-refractivity contribution in [3.8, 4) is 0 Å². The Hall–Kier alpha value is -1.86. The van der Waals surface area contributed by atoms with E-state index in [1.54, 1.807) is 25.3 Å². The fourth-order valence-corrected chi connectivity index (χ4v) is 3.76. The van der Waals surface area contributed by atoms with Crippen molar-refractivity contribution >= 4 is 40.7 Å². The van der Waals surface area contributed by atoms with Crippen LogP contribution >= 0.6 is 22.9 Å². The van der Waals surface area contributed by atoms with Gasteiger partial charge in [-0.15, -0.1) is 17.1 Å². The van der Waals surface area contributed by atoms with Crippen LogP contribution in [0.2, 0.25) is 5.02 Å². The number of hydrogen-bond acceptors (Lipinski definition) is 7. The number of carbonyl (C=O) groups excluding carboxylic acids is 3. The van der Waals surface area contributed by atoms with Gasteiger partial charge in [-0.2, -0.15) is 0 Å². The highest BCUT2D eigenvalue weighted by Crippen LogP contribution is 2.41.